The minimum absolute atomic E-state index is 0.0398. The molecule has 0 spiro atoms. The van der Waals surface area contributed by atoms with Crippen molar-refractivity contribution >= 4 is 27.2 Å². The van der Waals surface area contributed by atoms with Gasteiger partial charge in [0, 0.05) is 26.8 Å². The molecule has 0 heterocycles. The minimum atomic E-state index is -3.59. The number of hydrogen-bond donors (Lipinski definition) is 1. The maximum atomic E-state index is 12.3. The van der Waals surface area contributed by atoms with E-state index in [0.717, 1.165) is 0 Å². The number of ether oxygens (including phenoxy) is 2. The van der Waals surface area contributed by atoms with Gasteiger partial charge < -0.3 is 15.2 Å². The highest BCUT2D eigenvalue weighted by Crippen LogP contribution is 2.13. The van der Waals surface area contributed by atoms with E-state index >= 15 is 0 Å². The number of methoxy groups -OCH3 is 2. The zero-order valence-electron chi connectivity index (χ0n) is 11.3. The van der Waals surface area contributed by atoms with Crippen LogP contribution in [0, 0.1) is 0 Å². The zero-order valence-corrected chi connectivity index (χ0v) is 12.9. The second kappa shape index (κ2) is 8.00. The summed E-state index contributed by atoms with van der Waals surface area (Å²) in [6, 6.07) is -0.299. The fourth-order valence-corrected chi connectivity index (χ4v) is 3.41. The Labute approximate surface area is 114 Å². The van der Waals surface area contributed by atoms with Crippen LogP contribution in [0.4, 0.5) is 0 Å². The van der Waals surface area contributed by atoms with Crippen LogP contribution in [0.2, 0.25) is 0 Å². The largest absolute Gasteiger partial charge is 0.392 e. The molecule has 2 atom stereocenters. The number of nitrogens with two attached hydrogens (primary N) is 1. The van der Waals surface area contributed by atoms with Crippen LogP contribution in [0.15, 0.2) is 0 Å². The van der Waals surface area contributed by atoms with Crippen molar-refractivity contribution in [2.45, 2.75) is 25.1 Å². The van der Waals surface area contributed by atoms with Crippen molar-refractivity contribution in [2.75, 3.05) is 34.0 Å². The first-order valence-corrected chi connectivity index (χ1v) is 7.48. The van der Waals surface area contributed by atoms with Crippen LogP contribution >= 0.6 is 12.2 Å². The summed E-state index contributed by atoms with van der Waals surface area (Å²) in [5.41, 5.74) is 5.43. The van der Waals surface area contributed by atoms with Gasteiger partial charge in [0.15, 0.2) is 0 Å². The molecule has 6 nitrogen and oxygen atoms in total. The molecule has 2 unspecified atom stereocenters. The third kappa shape index (κ3) is 4.77. The Hall–Kier alpha value is -0.280. The third-order valence-electron chi connectivity index (χ3n) is 2.59. The minimum Gasteiger partial charge on any atom is -0.392 e. The van der Waals surface area contributed by atoms with Crippen molar-refractivity contribution in [3.05, 3.63) is 0 Å². The van der Waals surface area contributed by atoms with Crippen molar-refractivity contribution < 1.29 is 17.9 Å². The second-order valence-corrected chi connectivity index (χ2v) is 6.67. The lowest BCUT2D eigenvalue weighted by Gasteiger charge is -2.30. The Morgan fingerprint density at radius 3 is 2.28 bits per heavy atom. The number of sulfonamides is 1. The number of hydrogen-bond acceptors (Lipinski definition) is 5. The monoisotopic (exact) mass is 298 g/mol. The van der Waals surface area contributed by atoms with Crippen molar-refractivity contribution in [1.29, 1.82) is 0 Å². The molecular weight excluding hydrogens is 276 g/mol. The standard InChI is InChI=1S/C10H22N2O4S2/c1-8(7-16-4)12(5-6-15-3)18(13,14)9(2)10(11)17/h8-9H,5-7H2,1-4H3,(H2,11,17). The Bertz CT molecular complexity index is 359. The molecule has 0 amide bonds. The van der Waals surface area contributed by atoms with Crippen molar-refractivity contribution in [2.24, 2.45) is 5.73 Å². The summed E-state index contributed by atoms with van der Waals surface area (Å²) in [5.74, 6) is 0. The lowest BCUT2D eigenvalue weighted by molar-refractivity contribution is 0.119. The van der Waals surface area contributed by atoms with E-state index in [4.69, 9.17) is 27.4 Å². The fraction of sp³-hybridized carbons (Fsp3) is 0.900. The smallest absolute Gasteiger partial charge is 0.223 e. The Morgan fingerprint density at radius 1 is 1.33 bits per heavy atom. The van der Waals surface area contributed by atoms with Gasteiger partial charge >= 0.3 is 0 Å². The van der Waals surface area contributed by atoms with Gasteiger partial charge in [-0.05, 0) is 13.8 Å². The quantitative estimate of drug-likeness (QED) is 0.602. The molecule has 0 saturated carbocycles. The van der Waals surface area contributed by atoms with Gasteiger partial charge in [-0.3, -0.25) is 0 Å². The van der Waals surface area contributed by atoms with Crippen molar-refractivity contribution in [3.63, 3.8) is 0 Å². The molecule has 108 valence electrons. The van der Waals surface area contributed by atoms with Crippen LogP contribution in [0.5, 0.6) is 0 Å². The van der Waals surface area contributed by atoms with Gasteiger partial charge in [-0.2, -0.15) is 4.31 Å². The average Bonchev–Trinajstić information content (AvgIpc) is 2.28. The molecule has 0 aliphatic carbocycles. The topological polar surface area (TPSA) is 81.9 Å². The van der Waals surface area contributed by atoms with E-state index in [0.29, 0.717) is 13.2 Å². The molecule has 0 radical (unpaired) electrons. The number of thiocarbonyl (C=S) groups is 1. The second-order valence-electron chi connectivity index (χ2n) is 4.00. The first-order valence-electron chi connectivity index (χ1n) is 5.56. The summed E-state index contributed by atoms with van der Waals surface area (Å²) < 4.78 is 35.9. The van der Waals surface area contributed by atoms with Crippen LogP contribution in [0.3, 0.4) is 0 Å². The molecule has 0 saturated heterocycles. The van der Waals surface area contributed by atoms with Gasteiger partial charge in [0.2, 0.25) is 10.0 Å². The predicted octanol–water partition coefficient (Wildman–Crippen LogP) is -0.0259. The highest BCUT2D eigenvalue weighted by Gasteiger charge is 2.33. The summed E-state index contributed by atoms with van der Waals surface area (Å²) in [4.78, 5) is -0.0398. The molecule has 18 heavy (non-hydrogen) atoms. The maximum absolute atomic E-state index is 12.3. The highest BCUT2D eigenvalue weighted by atomic mass is 32.2. The summed E-state index contributed by atoms with van der Waals surface area (Å²) in [5, 5.41) is -0.899. The Kier molecular flexibility index (Phi) is 7.88. The van der Waals surface area contributed by atoms with E-state index in [2.05, 4.69) is 0 Å². The van der Waals surface area contributed by atoms with E-state index in [-0.39, 0.29) is 17.6 Å². The molecule has 0 aromatic heterocycles. The van der Waals surface area contributed by atoms with Crippen LogP contribution in [0.25, 0.3) is 0 Å². The lowest BCUT2D eigenvalue weighted by atomic mass is 10.3. The van der Waals surface area contributed by atoms with E-state index in [9.17, 15) is 8.42 Å². The van der Waals surface area contributed by atoms with Crippen LogP contribution in [0.1, 0.15) is 13.8 Å². The van der Waals surface area contributed by atoms with E-state index in [1.54, 1.807) is 6.92 Å². The number of nitrogens with zero attached hydrogens (tertiary/aromatic N) is 1. The van der Waals surface area contributed by atoms with E-state index in [1.165, 1.54) is 25.4 Å². The molecule has 2 N–H and O–H groups in total. The van der Waals surface area contributed by atoms with E-state index in [1.807, 2.05) is 0 Å². The highest BCUT2D eigenvalue weighted by molar-refractivity contribution is 7.92. The van der Waals surface area contributed by atoms with Gasteiger partial charge in [0.25, 0.3) is 0 Å². The molecule has 0 aliphatic rings. The molecule has 0 bridgehead atoms. The normalized spacial score (nSPS) is 15.6. The molecule has 0 aromatic carbocycles. The van der Waals surface area contributed by atoms with Gasteiger partial charge in [0.05, 0.1) is 18.2 Å². The van der Waals surface area contributed by atoms with Crippen LogP contribution in [-0.2, 0) is 19.5 Å². The van der Waals surface area contributed by atoms with Gasteiger partial charge in [0.1, 0.15) is 5.25 Å². The lowest BCUT2D eigenvalue weighted by Crippen LogP contribution is -2.49. The van der Waals surface area contributed by atoms with Crippen molar-refractivity contribution in [3.8, 4) is 0 Å². The molecule has 0 fully saturated rings. The zero-order chi connectivity index (χ0) is 14.3. The first-order chi connectivity index (χ1) is 8.28. The van der Waals surface area contributed by atoms with Crippen LogP contribution < -0.4 is 5.73 Å². The molecule has 0 rings (SSSR count). The fourth-order valence-electron chi connectivity index (χ4n) is 1.45. The molecule has 0 aromatic rings. The first kappa shape index (κ1) is 17.7. The van der Waals surface area contributed by atoms with Crippen LogP contribution in [-0.4, -0.2) is 63.0 Å². The summed E-state index contributed by atoms with van der Waals surface area (Å²) in [6.45, 7) is 4.10. The van der Waals surface area contributed by atoms with Crippen molar-refractivity contribution in [1.82, 2.24) is 4.31 Å². The Balaban J connectivity index is 5.10. The summed E-state index contributed by atoms with van der Waals surface area (Å²) >= 11 is 4.76. The SMILES string of the molecule is COCCN(C(C)COC)S(=O)(=O)C(C)C(N)=S. The third-order valence-corrected chi connectivity index (χ3v) is 5.44. The van der Waals surface area contributed by atoms with Gasteiger partial charge in [-0.1, -0.05) is 12.2 Å². The maximum Gasteiger partial charge on any atom is 0.223 e. The molecule has 8 heteroatoms. The predicted molar refractivity (Wildman–Crippen MR) is 75.1 cm³/mol. The molecular formula is C10H22N2O4S2. The molecule has 0 aliphatic heterocycles. The summed E-state index contributed by atoms with van der Waals surface area (Å²) in [6.07, 6.45) is 0. The Morgan fingerprint density at radius 2 is 1.89 bits per heavy atom. The average molecular weight is 298 g/mol. The van der Waals surface area contributed by atoms with E-state index < -0.39 is 15.3 Å². The number of rotatable bonds is 9. The van der Waals surface area contributed by atoms with Gasteiger partial charge in [-0.15, -0.1) is 0 Å². The van der Waals surface area contributed by atoms with Gasteiger partial charge in [-0.25, -0.2) is 8.42 Å². The summed E-state index contributed by atoms with van der Waals surface area (Å²) in [7, 11) is -0.548.